The van der Waals surface area contributed by atoms with E-state index in [0.29, 0.717) is 16.8 Å². The van der Waals surface area contributed by atoms with Gasteiger partial charge in [0.2, 0.25) is 0 Å². The minimum absolute atomic E-state index is 0.231. The molecule has 2 aromatic heterocycles. The number of nitrogens with one attached hydrogen (secondary N) is 2. The van der Waals surface area contributed by atoms with E-state index in [-0.39, 0.29) is 11.5 Å². The minimum Gasteiger partial charge on any atom is -0.304 e. The Kier molecular flexibility index (Phi) is 4.12. The van der Waals surface area contributed by atoms with Gasteiger partial charge in [0.15, 0.2) is 5.82 Å². The van der Waals surface area contributed by atoms with E-state index in [1.54, 1.807) is 6.92 Å². The van der Waals surface area contributed by atoms with Crippen LogP contribution >= 0.6 is 0 Å². The van der Waals surface area contributed by atoms with E-state index >= 15 is 0 Å². The molecule has 1 amide bonds. The number of halogens is 2. The summed E-state index contributed by atoms with van der Waals surface area (Å²) < 4.78 is 26.7. The first kappa shape index (κ1) is 16.8. The molecule has 27 heavy (non-hydrogen) atoms. The van der Waals surface area contributed by atoms with Crippen molar-refractivity contribution in [2.24, 2.45) is 0 Å². The smallest absolute Gasteiger partial charge is 0.275 e. The number of fused-ring (bicyclic) bond motifs is 1. The van der Waals surface area contributed by atoms with Crippen LogP contribution in [-0.4, -0.2) is 21.1 Å². The zero-order chi connectivity index (χ0) is 19.0. The second-order valence-corrected chi connectivity index (χ2v) is 6.13. The molecule has 5 nitrogen and oxygen atoms in total. The number of pyridine rings is 1. The van der Waals surface area contributed by atoms with Crippen LogP contribution in [0.3, 0.4) is 0 Å². The molecule has 2 N–H and O–H groups in total. The molecule has 4 rings (SSSR count). The van der Waals surface area contributed by atoms with Crippen LogP contribution in [0, 0.1) is 18.6 Å². The number of hydrogen-bond donors (Lipinski definition) is 2. The van der Waals surface area contributed by atoms with Gasteiger partial charge in [0.1, 0.15) is 17.3 Å². The van der Waals surface area contributed by atoms with Gasteiger partial charge in [0, 0.05) is 23.1 Å². The van der Waals surface area contributed by atoms with E-state index in [4.69, 9.17) is 0 Å². The first-order valence-corrected chi connectivity index (χ1v) is 8.19. The molecule has 0 bridgehead atoms. The first-order valence-electron chi connectivity index (χ1n) is 8.19. The molecule has 7 heteroatoms. The third kappa shape index (κ3) is 3.39. The normalized spacial score (nSPS) is 10.9. The largest absolute Gasteiger partial charge is 0.304 e. The molecular formula is C20H14F2N4O. The molecule has 134 valence electrons. The molecule has 0 aliphatic rings. The fourth-order valence-electron chi connectivity index (χ4n) is 2.87. The van der Waals surface area contributed by atoms with E-state index in [1.165, 1.54) is 18.2 Å². The molecule has 0 atom stereocenters. The number of amides is 1. The lowest BCUT2D eigenvalue weighted by Gasteiger charge is -2.06. The van der Waals surface area contributed by atoms with Gasteiger partial charge in [0.05, 0.1) is 11.2 Å². The van der Waals surface area contributed by atoms with Gasteiger partial charge in [-0.15, -0.1) is 0 Å². The van der Waals surface area contributed by atoms with Crippen LogP contribution in [0.25, 0.3) is 22.2 Å². The summed E-state index contributed by atoms with van der Waals surface area (Å²) in [6, 6.07) is 14.1. The summed E-state index contributed by atoms with van der Waals surface area (Å²) in [5.41, 5.74) is 2.41. The number of aromatic amines is 1. The predicted octanol–water partition coefficient (Wildman–Crippen LogP) is 4.46. The van der Waals surface area contributed by atoms with Gasteiger partial charge in [-0.05, 0) is 36.8 Å². The van der Waals surface area contributed by atoms with Gasteiger partial charge in [-0.2, -0.15) is 5.10 Å². The lowest BCUT2D eigenvalue weighted by molar-refractivity contribution is 0.102. The third-order valence-corrected chi connectivity index (χ3v) is 4.12. The number of hydrogen-bond acceptors (Lipinski definition) is 3. The van der Waals surface area contributed by atoms with Crippen molar-refractivity contribution >= 4 is 22.6 Å². The SMILES string of the molecule is Cc1cc2ccccc2nc1C(=O)Nc1cc(-c2cc(F)cc(F)c2)[nH]n1. The molecule has 0 radical (unpaired) electrons. The number of anilines is 1. The fraction of sp³-hybridized carbons (Fsp3) is 0.0500. The van der Waals surface area contributed by atoms with Crippen LogP contribution in [0.4, 0.5) is 14.6 Å². The average Bonchev–Trinajstić information content (AvgIpc) is 3.08. The van der Waals surface area contributed by atoms with Gasteiger partial charge < -0.3 is 5.32 Å². The molecule has 0 unspecified atom stereocenters. The summed E-state index contributed by atoms with van der Waals surface area (Å²) >= 11 is 0. The van der Waals surface area contributed by atoms with E-state index < -0.39 is 17.5 Å². The second-order valence-electron chi connectivity index (χ2n) is 6.13. The van der Waals surface area contributed by atoms with Crippen LogP contribution < -0.4 is 5.32 Å². The molecule has 0 spiro atoms. The number of para-hydroxylation sites is 1. The van der Waals surface area contributed by atoms with Crippen LogP contribution in [0.2, 0.25) is 0 Å². The topological polar surface area (TPSA) is 70.7 Å². The molecule has 2 aromatic carbocycles. The van der Waals surface area contributed by atoms with Gasteiger partial charge in [-0.25, -0.2) is 13.8 Å². The quantitative estimate of drug-likeness (QED) is 0.564. The second kappa shape index (κ2) is 6.60. The number of H-pyrrole nitrogens is 1. The Morgan fingerprint density at radius 3 is 2.56 bits per heavy atom. The monoisotopic (exact) mass is 364 g/mol. The third-order valence-electron chi connectivity index (χ3n) is 4.12. The highest BCUT2D eigenvalue weighted by molar-refractivity contribution is 6.04. The predicted molar refractivity (Wildman–Crippen MR) is 98.4 cm³/mol. The summed E-state index contributed by atoms with van der Waals surface area (Å²) in [5, 5.41) is 10.2. The van der Waals surface area contributed by atoms with Gasteiger partial charge in [0.25, 0.3) is 5.91 Å². The molecule has 0 fully saturated rings. The number of rotatable bonds is 3. The molecule has 4 aromatic rings. The number of carbonyl (C=O) groups is 1. The van der Waals surface area contributed by atoms with Crippen molar-refractivity contribution in [3.05, 3.63) is 77.5 Å². The van der Waals surface area contributed by atoms with Crippen LogP contribution in [-0.2, 0) is 0 Å². The van der Waals surface area contributed by atoms with Crippen LogP contribution in [0.15, 0.2) is 54.6 Å². The molecule has 0 saturated heterocycles. The van der Waals surface area contributed by atoms with Crippen LogP contribution in [0.1, 0.15) is 16.1 Å². The van der Waals surface area contributed by atoms with Gasteiger partial charge in [-0.1, -0.05) is 18.2 Å². The Morgan fingerprint density at radius 2 is 1.78 bits per heavy atom. The Hall–Kier alpha value is -3.61. The van der Waals surface area contributed by atoms with Gasteiger partial charge >= 0.3 is 0 Å². The highest BCUT2D eigenvalue weighted by Crippen LogP contribution is 2.23. The molecule has 0 aliphatic heterocycles. The summed E-state index contributed by atoms with van der Waals surface area (Å²) in [6.45, 7) is 1.81. The maximum absolute atomic E-state index is 13.4. The van der Waals surface area contributed by atoms with Crippen molar-refractivity contribution in [3.63, 3.8) is 0 Å². The van der Waals surface area contributed by atoms with E-state index in [9.17, 15) is 13.6 Å². The van der Waals surface area contributed by atoms with E-state index in [2.05, 4.69) is 20.5 Å². The van der Waals surface area contributed by atoms with Crippen molar-refractivity contribution < 1.29 is 13.6 Å². The van der Waals surface area contributed by atoms with E-state index in [1.807, 2.05) is 30.3 Å². The Bertz CT molecular complexity index is 1150. The van der Waals surface area contributed by atoms with Crippen molar-refractivity contribution in [1.82, 2.24) is 15.2 Å². The number of nitrogens with zero attached hydrogens (tertiary/aromatic N) is 2. The highest BCUT2D eigenvalue weighted by atomic mass is 19.1. The first-order chi connectivity index (χ1) is 13.0. The summed E-state index contributed by atoms with van der Waals surface area (Å²) in [4.78, 5) is 17.0. The number of carbonyl (C=O) groups excluding carboxylic acids is 1. The van der Waals surface area contributed by atoms with E-state index in [0.717, 1.165) is 17.0 Å². The summed E-state index contributed by atoms with van der Waals surface area (Å²) in [5.74, 6) is -1.57. The number of aromatic nitrogens is 3. The van der Waals surface area contributed by atoms with Crippen LogP contribution in [0.5, 0.6) is 0 Å². The molecule has 2 heterocycles. The summed E-state index contributed by atoms with van der Waals surface area (Å²) in [7, 11) is 0. The summed E-state index contributed by atoms with van der Waals surface area (Å²) in [6.07, 6.45) is 0. The lowest BCUT2D eigenvalue weighted by Crippen LogP contribution is -2.15. The maximum atomic E-state index is 13.4. The Balaban J connectivity index is 1.60. The highest BCUT2D eigenvalue weighted by Gasteiger charge is 2.15. The molecular weight excluding hydrogens is 350 g/mol. The minimum atomic E-state index is -0.693. The fourth-order valence-corrected chi connectivity index (χ4v) is 2.87. The van der Waals surface area contributed by atoms with Crippen molar-refractivity contribution in [1.29, 1.82) is 0 Å². The zero-order valence-electron chi connectivity index (χ0n) is 14.3. The lowest BCUT2D eigenvalue weighted by atomic mass is 10.1. The average molecular weight is 364 g/mol. The zero-order valence-corrected chi connectivity index (χ0v) is 14.3. The Labute approximate surface area is 153 Å². The number of benzene rings is 2. The van der Waals surface area contributed by atoms with Crippen molar-refractivity contribution in [2.75, 3.05) is 5.32 Å². The van der Waals surface area contributed by atoms with Gasteiger partial charge in [-0.3, -0.25) is 9.89 Å². The molecule has 0 saturated carbocycles. The van der Waals surface area contributed by atoms with Crippen molar-refractivity contribution in [2.45, 2.75) is 6.92 Å². The standard InChI is InChI=1S/C20H14F2N4O/c1-11-6-12-4-2-3-5-16(12)23-19(11)20(27)24-18-10-17(25-26-18)13-7-14(21)9-15(22)8-13/h2-10H,1H3,(H2,24,25,26,27). The Morgan fingerprint density at radius 1 is 1.04 bits per heavy atom. The maximum Gasteiger partial charge on any atom is 0.275 e. The van der Waals surface area contributed by atoms with Crippen molar-refractivity contribution in [3.8, 4) is 11.3 Å². The molecule has 0 aliphatic carbocycles. The number of aryl methyl sites for hydroxylation is 1.